The zero-order valence-corrected chi connectivity index (χ0v) is 9.97. The molecule has 16 heavy (non-hydrogen) atoms. The van der Waals surface area contributed by atoms with E-state index in [-0.39, 0.29) is 23.9 Å². The fourth-order valence-electron chi connectivity index (χ4n) is 1.25. The molecular formula is C10H19N5O. The molecule has 0 spiro atoms. The van der Waals surface area contributed by atoms with E-state index in [1.165, 1.54) is 10.9 Å². The molecule has 1 aromatic rings. The second-order valence-corrected chi connectivity index (χ2v) is 4.43. The van der Waals surface area contributed by atoms with E-state index in [4.69, 9.17) is 5.73 Å². The normalized spacial score (nSPS) is 14.8. The van der Waals surface area contributed by atoms with Gasteiger partial charge in [-0.2, -0.15) is 0 Å². The molecule has 1 unspecified atom stereocenters. The van der Waals surface area contributed by atoms with Crippen LogP contribution >= 0.6 is 0 Å². The highest BCUT2D eigenvalue weighted by atomic mass is 16.2. The Bertz CT molecular complexity index is 335. The molecule has 0 saturated heterocycles. The molecule has 1 heterocycles. The summed E-state index contributed by atoms with van der Waals surface area (Å²) in [5, 5.41) is 10.3. The van der Waals surface area contributed by atoms with Crippen LogP contribution < -0.4 is 11.1 Å². The molecule has 0 aliphatic rings. The SMILES string of the molecule is CC(C)C(C)(CN)NC(=O)Cn1ccnn1. The topological polar surface area (TPSA) is 85.8 Å². The lowest BCUT2D eigenvalue weighted by atomic mass is 9.88. The number of rotatable bonds is 5. The molecule has 0 saturated carbocycles. The van der Waals surface area contributed by atoms with E-state index >= 15 is 0 Å². The van der Waals surface area contributed by atoms with Crippen molar-refractivity contribution < 1.29 is 4.79 Å². The van der Waals surface area contributed by atoms with Gasteiger partial charge in [0.15, 0.2) is 0 Å². The Hall–Kier alpha value is -1.43. The molecule has 0 aliphatic carbocycles. The Balaban J connectivity index is 2.56. The second kappa shape index (κ2) is 5.07. The number of hydrogen-bond acceptors (Lipinski definition) is 4. The number of carbonyl (C=O) groups is 1. The number of carbonyl (C=O) groups excluding carboxylic acids is 1. The quantitative estimate of drug-likeness (QED) is 0.724. The number of nitrogens with zero attached hydrogens (tertiary/aromatic N) is 3. The lowest BCUT2D eigenvalue weighted by Crippen LogP contribution is -2.55. The van der Waals surface area contributed by atoms with E-state index in [0.717, 1.165) is 0 Å². The average Bonchev–Trinajstić information content (AvgIpc) is 2.69. The molecule has 0 radical (unpaired) electrons. The van der Waals surface area contributed by atoms with Gasteiger partial charge in [0.25, 0.3) is 0 Å². The van der Waals surface area contributed by atoms with Crippen molar-refractivity contribution in [2.75, 3.05) is 6.54 Å². The van der Waals surface area contributed by atoms with Crippen LogP contribution in [0.5, 0.6) is 0 Å². The molecule has 3 N–H and O–H groups in total. The lowest BCUT2D eigenvalue weighted by molar-refractivity contribution is -0.124. The van der Waals surface area contributed by atoms with Crippen LogP contribution in [0.2, 0.25) is 0 Å². The first-order chi connectivity index (χ1) is 7.48. The predicted octanol–water partition coefficient (Wildman–Crippen LogP) is -0.232. The molecule has 0 bridgehead atoms. The Kier molecular flexibility index (Phi) is 4.00. The summed E-state index contributed by atoms with van der Waals surface area (Å²) >= 11 is 0. The maximum Gasteiger partial charge on any atom is 0.242 e. The smallest absolute Gasteiger partial charge is 0.242 e. The molecule has 1 aromatic heterocycles. The van der Waals surface area contributed by atoms with Crippen LogP contribution in [0.25, 0.3) is 0 Å². The van der Waals surface area contributed by atoms with Gasteiger partial charge in [-0.1, -0.05) is 19.1 Å². The van der Waals surface area contributed by atoms with Crippen molar-refractivity contribution >= 4 is 5.91 Å². The van der Waals surface area contributed by atoms with Crippen LogP contribution in [0.3, 0.4) is 0 Å². The van der Waals surface area contributed by atoms with Gasteiger partial charge in [-0.05, 0) is 12.8 Å². The fraction of sp³-hybridized carbons (Fsp3) is 0.700. The van der Waals surface area contributed by atoms with Crippen molar-refractivity contribution in [1.29, 1.82) is 0 Å². The van der Waals surface area contributed by atoms with Crippen molar-refractivity contribution in [3.05, 3.63) is 12.4 Å². The van der Waals surface area contributed by atoms with Crippen LogP contribution in [0.4, 0.5) is 0 Å². The summed E-state index contributed by atoms with van der Waals surface area (Å²) in [5.41, 5.74) is 5.30. The molecule has 0 aliphatic heterocycles. The summed E-state index contributed by atoms with van der Waals surface area (Å²) in [6.45, 7) is 6.58. The van der Waals surface area contributed by atoms with E-state index in [2.05, 4.69) is 15.6 Å². The molecule has 6 heteroatoms. The molecule has 1 amide bonds. The van der Waals surface area contributed by atoms with Gasteiger partial charge < -0.3 is 11.1 Å². The minimum absolute atomic E-state index is 0.104. The molecule has 0 fully saturated rings. The van der Waals surface area contributed by atoms with E-state index in [9.17, 15) is 4.79 Å². The van der Waals surface area contributed by atoms with Crippen LogP contribution in [0.1, 0.15) is 20.8 Å². The minimum Gasteiger partial charge on any atom is -0.348 e. The number of hydrogen-bond donors (Lipinski definition) is 2. The van der Waals surface area contributed by atoms with Gasteiger partial charge in [-0.25, -0.2) is 4.68 Å². The molecule has 1 rings (SSSR count). The number of amides is 1. The molecule has 0 aromatic carbocycles. The van der Waals surface area contributed by atoms with E-state index in [1.807, 2.05) is 20.8 Å². The standard InChI is InChI=1S/C10H19N5O/c1-8(2)10(3,7-11)13-9(16)6-15-5-4-12-14-15/h4-5,8H,6-7,11H2,1-3H3,(H,13,16). The van der Waals surface area contributed by atoms with Gasteiger partial charge in [0.05, 0.1) is 11.7 Å². The summed E-state index contributed by atoms with van der Waals surface area (Å²) in [7, 11) is 0. The zero-order valence-electron chi connectivity index (χ0n) is 9.97. The van der Waals surface area contributed by atoms with Crippen molar-refractivity contribution in [3.63, 3.8) is 0 Å². The monoisotopic (exact) mass is 225 g/mol. The maximum atomic E-state index is 11.7. The third kappa shape index (κ3) is 3.03. The molecule has 90 valence electrons. The van der Waals surface area contributed by atoms with Crippen molar-refractivity contribution in [3.8, 4) is 0 Å². The number of nitrogens with two attached hydrogens (primary N) is 1. The maximum absolute atomic E-state index is 11.7. The van der Waals surface area contributed by atoms with E-state index < -0.39 is 0 Å². The van der Waals surface area contributed by atoms with Gasteiger partial charge >= 0.3 is 0 Å². The Morgan fingerprint density at radius 2 is 2.31 bits per heavy atom. The van der Waals surface area contributed by atoms with Crippen molar-refractivity contribution in [2.24, 2.45) is 11.7 Å². The van der Waals surface area contributed by atoms with Gasteiger partial charge in [0, 0.05) is 12.7 Å². The first-order valence-electron chi connectivity index (χ1n) is 5.33. The first kappa shape index (κ1) is 12.6. The summed E-state index contributed by atoms with van der Waals surface area (Å²) in [5.74, 6) is 0.171. The number of aromatic nitrogens is 3. The predicted molar refractivity (Wildman–Crippen MR) is 60.5 cm³/mol. The zero-order chi connectivity index (χ0) is 12.2. The van der Waals surface area contributed by atoms with Crippen LogP contribution in [0, 0.1) is 5.92 Å². The van der Waals surface area contributed by atoms with Crippen LogP contribution in [0.15, 0.2) is 12.4 Å². The highest BCUT2D eigenvalue weighted by Gasteiger charge is 2.28. The van der Waals surface area contributed by atoms with Gasteiger partial charge in [-0.15, -0.1) is 5.10 Å². The Labute approximate surface area is 95.2 Å². The minimum atomic E-state index is -0.377. The summed E-state index contributed by atoms with van der Waals surface area (Å²) in [6.07, 6.45) is 3.19. The highest BCUT2D eigenvalue weighted by Crippen LogP contribution is 2.14. The third-order valence-electron chi connectivity index (χ3n) is 2.90. The first-order valence-corrected chi connectivity index (χ1v) is 5.33. The third-order valence-corrected chi connectivity index (χ3v) is 2.90. The largest absolute Gasteiger partial charge is 0.348 e. The lowest BCUT2D eigenvalue weighted by Gasteiger charge is -2.33. The van der Waals surface area contributed by atoms with Gasteiger partial charge in [0.1, 0.15) is 6.54 Å². The van der Waals surface area contributed by atoms with Gasteiger partial charge in [0.2, 0.25) is 5.91 Å². The highest BCUT2D eigenvalue weighted by molar-refractivity contribution is 5.76. The van der Waals surface area contributed by atoms with Crippen LogP contribution in [-0.4, -0.2) is 33.0 Å². The molecule has 6 nitrogen and oxygen atoms in total. The van der Waals surface area contributed by atoms with Crippen molar-refractivity contribution in [2.45, 2.75) is 32.9 Å². The summed E-state index contributed by atoms with van der Waals surface area (Å²) in [6, 6.07) is 0. The molecular weight excluding hydrogens is 206 g/mol. The number of nitrogens with one attached hydrogen (secondary N) is 1. The Morgan fingerprint density at radius 1 is 1.62 bits per heavy atom. The second-order valence-electron chi connectivity index (χ2n) is 4.43. The fourth-order valence-corrected chi connectivity index (χ4v) is 1.25. The van der Waals surface area contributed by atoms with E-state index in [0.29, 0.717) is 6.54 Å². The Morgan fingerprint density at radius 3 is 2.75 bits per heavy atom. The van der Waals surface area contributed by atoms with E-state index in [1.54, 1.807) is 6.20 Å². The summed E-state index contributed by atoms with van der Waals surface area (Å²) < 4.78 is 1.48. The van der Waals surface area contributed by atoms with Crippen LogP contribution in [-0.2, 0) is 11.3 Å². The average molecular weight is 225 g/mol. The summed E-state index contributed by atoms with van der Waals surface area (Å²) in [4.78, 5) is 11.7. The van der Waals surface area contributed by atoms with Gasteiger partial charge in [-0.3, -0.25) is 4.79 Å². The van der Waals surface area contributed by atoms with Crippen molar-refractivity contribution in [1.82, 2.24) is 20.3 Å². The molecule has 1 atom stereocenters.